The first-order chi connectivity index (χ1) is 12.1. The van der Waals surface area contributed by atoms with E-state index in [0.29, 0.717) is 6.04 Å². The van der Waals surface area contributed by atoms with Crippen molar-refractivity contribution in [3.05, 3.63) is 59.4 Å². The Hall–Kier alpha value is -1.98. The number of benzene rings is 1. The first-order valence-corrected chi connectivity index (χ1v) is 9.28. The molecule has 25 heavy (non-hydrogen) atoms. The zero-order valence-corrected chi connectivity index (χ0v) is 15.8. The van der Waals surface area contributed by atoms with Crippen LogP contribution in [0.1, 0.15) is 29.7 Å². The lowest BCUT2D eigenvalue weighted by atomic mass is 10.1. The third-order valence-corrected chi connectivity index (χ3v) is 4.88. The average molecular weight is 355 g/mol. The minimum atomic E-state index is 0.436. The van der Waals surface area contributed by atoms with E-state index in [0.717, 1.165) is 49.0 Å². The molecule has 0 spiro atoms. The van der Waals surface area contributed by atoms with Crippen LogP contribution in [0.5, 0.6) is 0 Å². The molecule has 0 aliphatic carbocycles. The zero-order chi connectivity index (χ0) is 17.6. The fourth-order valence-corrected chi connectivity index (χ4v) is 3.53. The quantitative estimate of drug-likeness (QED) is 0.820. The van der Waals surface area contributed by atoms with E-state index < -0.39 is 0 Å². The van der Waals surface area contributed by atoms with Gasteiger partial charge in [0.25, 0.3) is 0 Å². The second kappa shape index (κ2) is 8.41. The Kier molecular flexibility index (Phi) is 6.00. The molecule has 0 bridgehead atoms. The zero-order valence-electron chi connectivity index (χ0n) is 15.0. The van der Waals surface area contributed by atoms with Crippen molar-refractivity contribution in [2.24, 2.45) is 0 Å². The van der Waals surface area contributed by atoms with Gasteiger partial charge in [0.05, 0.1) is 5.69 Å². The van der Waals surface area contributed by atoms with E-state index in [-0.39, 0.29) is 0 Å². The number of hydrogen-bond donors (Lipinski definition) is 2. The molecule has 0 atom stereocenters. The minimum Gasteiger partial charge on any atom is -0.360 e. The van der Waals surface area contributed by atoms with E-state index in [1.54, 1.807) is 0 Å². The summed E-state index contributed by atoms with van der Waals surface area (Å²) in [5.41, 5.74) is 4.70. The smallest absolute Gasteiger partial charge is 0.171 e. The van der Waals surface area contributed by atoms with Crippen molar-refractivity contribution >= 4 is 23.0 Å². The Balaban J connectivity index is 1.44. The van der Waals surface area contributed by atoms with Crippen LogP contribution in [0.15, 0.2) is 42.6 Å². The van der Waals surface area contributed by atoms with Gasteiger partial charge in [-0.25, -0.2) is 0 Å². The Morgan fingerprint density at radius 1 is 1.20 bits per heavy atom. The molecule has 4 nitrogen and oxygen atoms in total. The molecular formula is C20H26N4S. The lowest BCUT2D eigenvalue weighted by molar-refractivity contribution is 0.197. The molecule has 0 amide bonds. The molecule has 0 saturated carbocycles. The first-order valence-electron chi connectivity index (χ1n) is 8.87. The van der Waals surface area contributed by atoms with E-state index in [4.69, 9.17) is 12.2 Å². The normalized spacial score (nSPS) is 15.8. The molecule has 5 heteroatoms. The average Bonchev–Trinajstić information content (AvgIpc) is 2.60. The van der Waals surface area contributed by atoms with Crippen molar-refractivity contribution in [3.8, 4) is 0 Å². The number of anilines is 1. The number of nitrogens with one attached hydrogen (secondary N) is 2. The predicted molar refractivity (Wildman–Crippen MR) is 108 cm³/mol. The van der Waals surface area contributed by atoms with Crippen LogP contribution < -0.4 is 10.6 Å². The predicted octanol–water partition coefficient (Wildman–Crippen LogP) is 3.65. The number of hydrogen-bond acceptors (Lipinski definition) is 3. The third-order valence-electron chi connectivity index (χ3n) is 4.66. The Morgan fingerprint density at radius 2 is 2.00 bits per heavy atom. The van der Waals surface area contributed by atoms with Gasteiger partial charge in [-0.05, 0) is 62.7 Å². The Bertz CT molecular complexity index is 709. The van der Waals surface area contributed by atoms with Crippen LogP contribution in [-0.4, -0.2) is 34.1 Å². The molecule has 0 radical (unpaired) electrons. The monoisotopic (exact) mass is 354 g/mol. The standard InChI is InChI=1S/C20H26N4S/c1-15-6-7-19(16(2)13-15)23-20(25)22-17-8-11-24(12-9-17)14-18-5-3-4-10-21-18/h3-7,10,13,17H,8-9,11-12,14H2,1-2H3,(H2,22,23,25). The van der Waals surface area contributed by atoms with Gasteiger partial charge in [-0.2, -0.15) is 0 Å². The summed E-state index contributed by atoms with van der Waals surface area (Å²) in [6.07, 6.45) is 4.06. The summed E-state index contributed by atoms with van der Waals surface area (Å²) in [6, 6.07) is 12.9. The van der Waals surface area contributed by atoms with E-state index in [1.165, 1.54) is 11.1 Å². The van der Waals surface area contributed by atoms with Gasteiger partial charge in [-0.3, -0.25) is 9.88 Å². The lowest BCUT2D eigenvalue weighted by Crippen LogP contribution is -2.45. The number of nitrogens with zero attached hydrogens (tertiary/aromatic N) is 2. The molecule has 1 aliphatic rings. The number of aryl methyl sites for hydroxylation is 2. The fraction of sp³-hybridized carbons (Fsp3) is 0.400. The topological polar surface area (TPSA) is 40.2 Å². The molecular weight excluding hydrogens is 328 g/mol. The summed E-state index contributed by atoms with van der Waals surface area (Å²) in [7, 11) is 0. The number of aromatic nitrogens is 1. The summed E-state index contributed by atoms with van der Waals surface area (Å²) in [5, 5.41) is 7.52. The van der Waals surface area contributed by atoms with Crippen molar-refractivity contribution in [3.63, 3.8) is 0 Å². The number of likely N-dealkylation sites (tertiary alicyclic amines) is 1. The fourth-order valence-electron chi connectivity index (χ4n) is 3.25. The highest BCUT2D eigenvalue weighted by Gasteiger charge is 2.20. The Labute approximate surface area is 155 Å². The van der Waals surface area contributed by atoms with E-state index in [1.807, 2.05) is 18.3 Å². The number of piperidine rings is 1. The summed E-state index contributed by atoms with van der Waals surface area (Å²) in [6.45, 7) is 7.28. The summed E-state index contributed by atoms with van der Waals surface area (Å²) in [5.74, 6) is 0. The van der Waals surface area contributed by atoms with Crippen molar-refractivity contribution < 1.29 is 0 Å². The summed E-state index contributed by atoms with van der Waals surface area (Å²) < 4.78 is 0. The second-order valence-corrected chi connectivity index (χ2v) is 7.20. The van der Waals surface area contributed by atoms with Crippen LogP contribution in [0.4, 0.5) is 5.69 Å². The molecule has 132 valence electrons. The van der Waals surface area contributed by atoms with E-state index in [9.17, 15) is 0 Å². The Morgan fingerprint density at radius 3 is 2.68 bits per heavy atom. The highest BCUT2D eigenvalue weighted by atomic mass is 32.1. The van der Waals surface area contributed by atoms with Crippen LogP contribution >= 0.6 is 12.2 Å². The van der Waals surface area contributed by atoms with Crippen LogP contribution in [0.3, 0.4) is 0 Å². The SMILES string of the molecule is Cc1ccc(NC(=S)NC2CCN(Cc3ccccn3)CC2)c(C)c1. The van der Waals surface area contributed by atoms with Gasteiger partial charge < -0.3 is 10.6 Å². The molecule has 2 aromatic rings. The third kappa shape index (κ3) is 5.25. The van der Waals surface area contributed by atoms with Crippen LogP contribution in [0.2, 0.25) is 0 Å². The highest BCUT2D eigenvalue weighted by molar-refractivity contribution is 7.80. The first kappa shape index (κ1) is 17.8. The molecule has 2 heterocycles. The molecule has 1 fully saturated rings. The maximum absolute atomic E-state index is 5.50. The molecule has 1 aliphatic heterocycles. The van der Waals surface area contributed by atoms with Gasteiger partial charge in [0.2, 0.25) is 0 Å². The van der Waals surface area contributed by atoms with Gasteiger partial charge in [0.1, 0.15) is 0 Å². The van der Waals surface area contributed by atoms with Crippen LogP contribution in [0, 0.1) is 13.8 Å². The second-order valence-electron chi connectivity index (χ2n) is 6.79. The van der Waals surface area contributed by atoms with Gasteiger partial charge in [-0.15, -0.1) is 0 Å². The lowest BCUT2D eigenvalue weighted by Gasteiger charge is -2.32. The number of thiocarbonyl (C=S) groups is 1. The maximum atomic E-state index is 5.50. The molecule has 1 aromatic carbocycles. The molecule has 1 aromatic heterocycles. The molecule has 2 N–H and O–H groups in total. The van der Waals surface area contributed by atoms with Crippen LogP contribution in [-0.2, 0) is 6.54 Å². The number of pyridine rings is 1. The largest absolute Gasteiger partial charge is 0.360 e. The molecule has 0 unspecified atom stereocenters. The van der Waals surface area contributed by atoms with Crippen molar-refractivity contribution in [1.29, 1.82) is 0 Å². The van der Waals surface area contributed by atoms with Crippen LogP contribution in [0.25, 0.3) is 0 Å². The van der Waals surface area contributed by atoms with Crippen molar-refractivity contribution in [1.82, 2.24) is 15.2 Å². The van der Waals surface area contributed by atoms with Crippen molar-refractivity contribution in [2.75, 3.05) is 18.4 Å². The minimum absolute atomic E-state index is 0.436. The van der Waals surface area contributed by atoms with Gasteiger partial charge in [0.15, 0.2) is 5.11 Å². The van der Waals surface area contributed by atoms with E-state index >= 15 is 0 Å². The number of rotatable bonds is 4. The summed E-state index contributed by atoms with van der Waals surface area (Å²) >= 11 is 5.50. The van der Waals surface area contributed by atoms with Gasteiger partial charge in [-0.1, -0.05) is 23.8 Å². The van der Waals surface area contributed by atoms with Crippen molar-refractivity contribution in [2.45, 2.75) is 39.3 Å². The molecule has 3 rings (SSSR count). The van der Waals surface area contributed by atoms with Gasteiger partial charge in [0, 0.05) is 37.6 Å². The van der Waals surface area contributed by atoms with Gasteiger partial charge >= 0.3 is 0 Å². The highest BCUT2D eigenvalue weighted by Crippen LogP contribution is 2.17. The summed E-state index contributed by atoms with van der Waals surface area (Å²) in [4.78, 5) is 6.87. The van der Waals surface area contributed by atoms with E-state index in [2.05, 4.69) is 58.6 Å². The molecule has 1 saturated heterocycles. The maximum Gasteiger partial charge on any atom is 0.171 e.